The molecule has 0 N–H and O–H groups in total. The summed E-state index contributed by atoms with van der Waals surface area (Å²) in [6, 6.07) is 5.16. The number of para-hydroxylation sites is 1. The van der Waals surface area contributed by atoms with Gasteiger partial charge in [0.25, 0.3) is 0 Å². The third-order valence-corrected chi connectivity index (χ3v) is 1.57. The number of fused-ring (bicyclic) bond motifs is 1. The lowest BCUT2D eigenvalue weighted by atomic mass is 10.2. The lowest BCUT2D eigenvalue weighted by Gasteiger charge is -2.12. The van der Waals surface area contributed by atoms with Crippen molar-refractivity contribution in [2.24, 2.45) is 0 Å². The van der Waals surface area contributed by atoms with Crippen LogP contribution in [0.1, 0.15) is 10.4 Å². The van der Waals surface area contributed by atoms with Crippen molar-refractivity contribution in [3.8, 4) is 11.5 Å². The molecule has 0 amide bonds. The fourth-order valence-corrected chi connectivity index (χ4v) is 1.04. The van der Waals surface area contributed by atoms with Gasteiger partial charge in [-0.3, -0.25) is 4.79 Å². The molecule has 0 radical (unpaired) electrons. The predicted molar refractivity (Wildman–Crippen MR) is 42.2 cm³/mol. The lowest BCUT2D eigenvalue weighted by Crippen LogP contribution is -1.98. The summed E-state index contributed by atoms with van der Waals surface area (Å²) in [6.45, 7) is 0. The Hall–Kier alpha value is -1.77. The highest BCUT2D eigenvalue weighted by Gasteiger charge is 2.11. The van der Waals surface area contributed by atoms with Crippen molar-refractivity contribution in [2.45, 2.75) is 0 Å². The van der Waals surface area contributed by atoms with Gasteiger partial charge in [0.05, 0.1) is 5.56 Å². The molecule has 0 fully saturated rings. The van der Waals surface area contributed by atoms with E-state index < -0.39 is 0 Å². The maximum Gasteiger partial charge on any atom is 0.179 e. The van der Waals surface area contributed by atoms with Crippen LogP contribution >= 0.6 is 0 Å². The minimum absolute atomic E-state index is 0.481. The molecule has 0 spiro atoms. The molecule has 0 aromatic heterocycles. The van der Waals surface area contributed by atoms with Crippen molar-refractivity contribution in [2.75, 3.05) is 0 Å². The van der Waals surface area contributed by atoms with Gasteiger partial charge in [-0.2, -0.15) is 0 Å². The quantitative estimate of drug-likeness (QED) is 0.590. The highest BCUT2D eigenvalue weighted by atomic mass is 16.5. The summed E-state index contributed by atoms with van der Waals surface area (Å²) in [4.78, 5) is 10.5. The van der Waals surface area contributed by atoms with E-state index in [9.17, 15) is 4.79 Å². The van der Waals surface area contributed by atoms with Crippen LogP contribution in [0.15, 0.2) is 30.7 Å². The molecule has 1 aliphatic rings. The molecule has 3 nitrogen and oxygen atoms in total. The minimum Gasteiger partial charge on any atom is -0.458 e. The summed E-state index contributed by atoms with van der Waals surface area (Å²) < 4.78 is 10.2. The summed E-state index contributed by atoms with van der Waals surface area (Å²) >= 11 is 0. The van der Waals surface area contributed by atoms with Crippen molar-refractivity contribution in [3.63, 3.8) is 0 Å². The van der Waals surface area contributed by atoms with Crippen LogP contribution in [-0.2, 0) is 0 Å². The van der Waals surface area contributed by atoms with E-state index in [1.807, 2.05) is 0 Å². The third-order valence-electron chi connectivity index (χ3n) is 1.57. The maximum absolute atomic E-state index is 10.5. The van der Waals surface area contributed by atoms with E-state index in [4.69, 9.17) is 9.47 Å². The number of ether oxygens (including phenoxy) is 2. The Morgan fingerprint density at radius 3 is 2.83 bits per heavy atom. The van der Waals surface area contributed by atoms with Gasteiger partial charge in [0, 0.05) is 0 Å². The number of benzene rings is 1. The van der Waals surface area contributed by atoms with Crippen molar-refractivity contribution in [3.05, 3.63) is 36.3 Å². The van der Waals surface area contributed by atoms with Gasteiger partial charge in [-0.05, 0) is 12.1 Å². The van der Waals surface area contributed by atoms with Crippen LogP contribution in [0, 0.1) is 0 Å². The van der Waals surface area contributed by atoms with Crippen LogP contribution in [-0.4, -0.2) is 6.29 Å². The zero-order valence-corrected chi connectivity index (χ0v) is 6.19. The highest BCUT2D eigenvalue weighted by Crippen LogP contribution is 2.32. The van der Waals surface area contributed by atoms with E-state index in [-0.39, 0.29) is 0 Å². The summed E-state index contributed by atoms with van der Waals surface area (Å²) in [5.41, 5.74) is 0.497. The topological polar surface area (TPSA) is 35.5 Å². The lowest BCUT2D eigenvalue weighted by molar-refractivity contribution is 0.112. The molecule has 60 valence electrons. The van der Waals surface area contributed by atoms with Crippen LogP contribution in [0.4, 0.5) is 0 Å². The second kappa shape index (κ2) is 2.70. The molecule has 2 rings (SSSR count). The first-order valence-corrected chi connectivity index (χ1v) is 3.48. The number of aldehydes is 1. The molecule has 1 aliphatic heterocycles. The van der Waals surface area contributed by atoms with Crippen LogP contribution in [0.3, 0.4) is 0 Å². The zero-order chi connectivity index (χ0) is 8.39. The SMILES string of the molecule is O=Cc1cccc2c1OC=CO2. The highest BCUT2D eigenvalue weighted by molar-refractivity contribution is 5.81. The third kappa shape index (κ3) is 0.955. The van der Waals surface area contributed by atoms with Crippen LogP contribution in [0.2, 0.25) is 0 Å². The van der Waals surface area contributed by atoms with Crippen molar-refractivity contribution < 1.29 is 14.3 Å². The van der Waals surface area contributed by atoms with E-state index in [1.54, 1.807) is 18.2 Å². The van der Waals surface area contributed by atoms with Crippen LogP contribution in [0.25, 0.3) is 0 Å². The van der Waals surface area contributed by atoms with Gasteiger partial charge < -0.3 is 9.47 Å². The molecule has 1 aromatic rings. The van der Waals surface area contributed by atoms with Crippen LogP contribution in [0.5, 0.6) is 11.5 Å². The van der Waals surface area contributed by atoms with Gasteiger partial charge in [-0.15, -0.1) is 0 Å². The summed E-state index contributed by atoms with van der Waals surface area (Å²) in [7, 11) is 0. The van der Waals surface area contributed by atoms with E-state index in [0.717, 1.165) is 6.29 Å². The largest absolute Gasteiger partial charge is 0.458 e. The Balaban J connectivity index is 2.55. The zero-order valence-electron chi connectivity index (χ0n) is 6.19. The van der Waals surface area contributed by atoms with Crippen molar-refractivity contribution >= 4 is 6.29 Å². The molecule has 1 aromatic carbocycles. The normalized spacial score (nSPS) is 12.7. The molecular weight excluding hydrogens is 156 g/mol. The fourth-order valence-electron chi connectivity index (χ4n) is 1.04. The maximum atomic E-state index is 10.5. The second-order valence-corrected chi connectivity index (χ2v) is 2.30. The molecular formula is C9H6O3. The first-order valence-electron chi connectivity index (χ1n) is 3.48. The molecule has 0 saturated heterocycles. The average Bonchev–Trinajstić information content (AvgIpc) is 2.17. The first-order chi connectivity index (χ1) is 5.92. The number of carbonyl (C=O) groups is 1. The molecule has 1 heterocycles. The Bertz CT molecular complexity index is 342. The van der Waals surface area contributed by atoms with E-state index in [2.05, 4.69) is 0 Å². The average molecular weight is 162 g/mol. The predicted octanol–water partition coefficient (Wildman–Crippen LogP) is 1.74. The van der Waals surface area contributed by atoms with E-state index in [0.29, 0.717) is 17.1 Å². The minimum atomic E-state index is 0.481. The summed E-state index contributed by atoms with van der Waals surface area (Å²) in [5, 5.41) is 0. The Kier molecular flexibility index (Phi) is 1.55. The van der Waals surface area contributed by atoms with Gasteiger partial charge in [-0.1, -0.05) is 6.07 Å². The molecule has 0 atom stereocenters. The van der Waals surface area contributed by atoms with E-state index >= 15 is 0 Å². The van der Waals surface area contributed by atoms with Gasteiger partial charge in [0.15, 0.2) is 17.8 Å². The Labute approximate surface area is 69.2 Å². The summed E-state index contributed by atoms with van der Waals surface area (Å²) in [5.74, 6) is 1.05. The van der Waals surface area contributed by atoms with Gasteiger partial charge in [-0.25, -0.2) is 0 Å². The van der Waals surface area contributed by atoms with Crippen molar-refractivity contribution in [1.82, 2.24) is 0 Å². The number of rotatable bonds is 1. The fraction of sp³-hybridized carbons (Fsp3) is 0. The van der Waals surface area contributed by atoms with Gasteiger partial charge in [0.2, 0.25) is 0 Å². The molecule has 0 aliphatic carbocycles. The molecule has 12 heavy (non-hydrogen) atoms. The molecule has 3 heteroatoms. The first kappa shape index (κ1) is 6.91. The number of carbonyl (C=O) groups excluding carboxylic acids is 1. The second-order valence-electron chi connectivity index (χ2n) is 2.30. The summed E-state index contributed by atoms with van der Waals surface area (Å²) in [6.07, 6.45) is 3.56. The van der Waals surface area contributed by atoms with Crippen LogP contribution < -0.4 is 9.47 Å². The number of hydrogen-bond acceptors (Lipinski definition) is 3. The molecule has 0 bridgehead atoms. The number of hydrogen-bond donors (Lipinski definition) is 0. The van der Waals surface area contributed by atoms with Gasteiger partial charge >= 0.3 is 0 Å². The Morgan fingerprint density at radius 2 is 2.00 bits per heavy atom. The molecule has 0 saturated carbocycles. The molecule has 0 unspecified atom stereocenters. The standard InChI is InChI=1S/C9H6O3/c10-6-7-2-1-3-8-9(7)12-5-4-11-8/h1-6H. The van der Waals surface area contributed by atoms with Gasteiger partial charge in [0.1, 0.15) is 12.5 Å². The smallest absolute Gasteiger partial charge is 0.179 e. The Morgan fingerprint density at radius 1 is 1.17 bits per heavy atom. The van der Waals surface area contributed by atoms with E-state index in [1.165, 1.54) is 12.5 Å². The van der Waals surface area contributed by atoms with Crippen molar-refractivity contribution in [1.29, 1.82) is 0 Å². The monoisotopic (exact) mass is 162 g/mol.